The van der Waals surface area contributed by atoms with Gasteiger partial charge in [-0.25, -0.2) is 0 Å². The number of carbonyl (C=O) groups excluding carboxylic acids is 1. The monoisotopic (exact) mass is 320 g/mol. The fourth-order valence-corrected chi connectivity index (χ4v) is 2.76. The SMILES string of the molecule is CC1C(=O)c2c(O)cc(O)c(Cl)c2OC1c1ccc(O)cc1. The minimum Gasteiger partial charge on any atom is -0.508 e. The summed E-state index contributed by atoms with van der Waals surface area (Å²) in [7, 11) is 0. The van der Waals surface area contributed by atoms with E-state index in [-0.39, 0.29) is 39.4 Å². The van der Waals surface area contributed by atoms with Crippen LogP contribution in [0.2, 0.25) is 5.02 Å². The fourth-order valence-electron chi connectivity index (χ4n) is 2.57. The lowest BCUT2D eigenvalue weighted by atomic mass is 9.86. The second kappa shape index (κ2) is 5.10. The summed E-state index contributed by atoms with van der Waals surface area (Å²) in [6, 6.07) is 7.30. The van der Waals surface area contributed by atoms with Crippen LogP contribution in [0.15, 0.2) is 30.3 Å². The Morgan fingerprint density at radius 2 is 1.73 bits per heavy atom. The molecule has 3 N–H and O–H groups in total. The Labute approximate surface area is 131 Å². The summed E-state index contributed by atoms with van der Waals surface area (Å²) in [5.41, 5.74) is 0.661. The highest BCUT2D eigenvalue weighted by Crippen LogP contribution is 2.49. The molecule has 1 aliphatic heterocycles. The lowest BCUT2D eigenvalue weighted by Gasteiger charge is -2.31. The number of ketones is 1. The van der Waals surface area contributed by atoms with E-state index in [4.69, 9.17) is 16.3 Å². The maximum Gasteiger partial charge on any atom is 0.177 e. The molecule has 2 unspecified atom stereocenters. The molecule has 2 atom stereocenters. The van der Waals surface area contributed by atoms with E-state index in [1.165, 1.54) is 12.1 Å². The van der Waals surface area contributed by atoms with Crippen LogP contribution in [0.25, 0.3) is 0 Å². The fraction of sp³-hybridized carbons (Fsp3) is 0.188. The summed E-state index contributed by atoms with van der Waals surface area (Å²) < 4.78 is 5.78. The zero-order valence-electron chi connectivity index (χ0n) is 11.6. The number of fused-ring (bicyclic) bond motifs is 1. The highest BCUT2D eigenvalue weighted by atomic mass is 35.5. The summed E-state index contributed by atoms with van der Waals surface area (Å²) in [6.45, 7) is 1.68. The molecule has 0 aromatic heterocycles. The first-order chi connectivity index (χ1) is 10.4. The third-order valence-electron chi connectivity index (χ3n) is 3.76. The first kappa shape index (κ1) is 14.5. The van der Waals surface area contributed by atoms with Crippen molar-refractivity contribution in [2.75, 3.05) is 0 Å². The van der Waals surface area contributed by atoms with Crippen LogP contribution >= 0.6 is 11.6 Å². The van der Waals surface area contributed by atoms with Crippen LogP contribution in [0.1, 0.15) is 28.9 Å². The smallest absolute Gasteiger partial charge is 0.177 e. The van der Waals surface area contributed by atoms with Gasteiger partial charge in [0.05, 0.1) is 5.92 Å². The van der Waals surface area contributed by atoms with Crippen molar-refractivity contribution in [3.8, 4) is 23.0 Å². The van der Waals surface area contributed by atoms with Crippen molar-refractivity contribution < 1.29 is 24.9 Å². The van der Waals surface area contributed by atoms with Gasteiger partial charge in [0.2, 0.25) is 0 Å². The molecular weight excluding hydrogens is 308 g/mol. The van der Waals surface area contributed by atoms with Gasteiger partial charge in [0, 0.05) is 6.07 Å². The molecule has 0 bridgehead atoms. The van der Waals surface area contributed by atoms with Gasteiger partial charge in [-0.15, -0.1) is 0 Å². The number of hydrogen-bond acceptors (Lipinski definition) is 5. The Kier molecular flexibility index (Phi) is 3.37. The van der Waals surface area contributed by atoms with Crippen molar-refractivity contribution in [2.24, 2.45) is 5.92 Å². The van der Waals surface area contributed by atoms with Crippen LogP contribution < -0.4 is 4.74 Å². The molecule has 0 saturated heterocycles. The number of Topliss-reactive ketones (excluding diaryl/α,β-unsaturated/α-hetero) is 1. The molecule has 114 valence electrons. The van der Waals surface area contributed by atoms with Crippen molar-refractivity contribution in [3.05, 3.63) is 46.5 Å². The van der Waals surface area contributed by atoms with Crippen LogP contribution in [-0.2, 0) is 0 Å². The molecule has 3 rings (SSSR count). The van der Waals surface area contributed by atoms with Gasteiger partial charge in [-0.3, -0.25) is 4.79 Å². The van der Waals surface area contributed by atoms with Crippen LogP contribution in [0.4, 0.5) is 0 Å². The average molecular weight is 321 g/mol. The molecule has 5 nitrogen and oxygen atoms in total. The maximum absolute atomic E-state index is 12.5. The lowest BCUT2D eigenvalue weighted by molar-refractivity contribution is 0.0684. The third-order valence-corrected chi connectivity index (χ3v) is 4.13. The largest absolute Gasteiger partial charge is 0.508 e. The molecule has 2 aromatic rings. The van der Waals surface area contributed by atoms with Gasteiger partial charge in [-0.05, 0) is 17.7 Å². The van der Waals surface area contributed by atoms with Gasteiger partial charge >= 0.3 is 0 Å². The predicted molar refractivity (Wildman–Crippen MR) is 79.8 cm³/mol. The van der Waals surface area contributed by atoms with Gasteiger partial charge in [0.15, 0.2) is 11.5 Å². The third kappa shape index (κ3) is 2.14. The number of ether oxygens (including phenoxy) is 1. The number of rotatable bonds is 1. The van der Waals surface area contributed by atoms with E-state index in [2.05, 4.69) is 0 Å². The number of phenolic OH excluding ortho intramolecular Hbond substituents is 3. The maximum atomic E-state index is 12.5. The number of halogens is 1. The molecule has 6 heteroatoms. The van der Waals surface area contributed by atoms with Gasteiger partial charge in [0.1, 0.15) is 33.9 Å². The average Bonchev–Trinajstić information content (AvgIpc) is 2.48. The Bertz CT molecular complexity index is 754. The number of hydrogen-bond donors (Lipinski definition) is 3. The Morgan fingerprint density at radius 1 is 1.09 bits per heavy atom. The van der Waals surface area contributed by atoms with Crippen molar-refractivity contribution in [1.82, 2.24) is 0 Å². The first-order valence-electron chi connectivity index (χ1n) is 6.64. The number of benzene rings is 2. The second-order valence-electron chi connectivity index (χ2n) is 5.22. The molecule has 0 aliphatic carbocycles. The molecule has 1 heterocycles. The van der Waals surface area contributed by atoms with Crippen molar-refractivity contribution in [3.63, 3.8) is 0 Å². The highest BCUT2D eigenvalue weighted by Gasteiger charge is 2.39. The Hall–Kier alpha value is -2.40. The molecule has 22 heavy (non-hydrogen) atoms. The van der Waals surface area contributed by atoms with Crippen molar-refractivity contribution in [1.29, 1.82) is 0 Å². The Morgan fingerprint density at radius 3 is 2.36 bits per heavy atom. The van der Waals surface area contributed by atoms with E-state index in [9.17, 15) is 20.1 Å². The molecule has 0 radical (unpaired) electrons. The normalized spacial score (nSPS) is 20.4. The lowest BCUT2D eigenvalue weighted by Crippen LogP contribution is -2.29. The molecular formula is C16H13ClO5. The Balaban J connectivity index is 2.12. The predicted octanol–water partition coefficient (Wildman–Crippen LogP) is 3.41. The van der Waals surface area contributed by atoms with E-state index in [1.807, 2.05) is 0 Å². The summed E-state index contributed by atoms with van der Waals surface area (Å²) >= 11 is 6.00. The first-order valence-corrected chi connectivity index (χ1v) is 7.02. The quantitative estimate of drug-likeness (QED) is 0.749. The highest BCUT2D eigenvalue weighted by molar-refractivity contribution is 6.34. The molecule has 0 fully saturated rings. The topological polar surface area (TPSA) is 87.0 Å². The van der Waals surface area contributed by atoms with E-state index in [1.54, 1.807) is 19.1 Å². The zero-order valence-corrected chi connectivity index (χ0v) is 12.3. The van der Waals surface area contributed by atoms with Crippen LogP contribution in [0, 0.1) is 5.92 Å². The van der Waals surface area contributed by atoms with Crippen LogP contribution in [0.5, 0.6) is 23.0 Å². The zero-order chi connectivity index (χ0) is 16.0. The van der Waals surface area contributed by atoms with Gasteiger partial charge in [-0.2, -0.15) is 0 Å². The summed E-state index contributed by atoms with van der Waals surface area (Å²) in [5, 5.41) is 28.8. The number of carbonyl (C=O) groups is 1. The second-order valence-corrected chi connectivity index (χ2v) is 5.59. The molecule has 0 amide bonds. The molecule has 0 saturated carbocycles. The summed E-state index contributed by atoms with van der Waals surface area (Å²) in [6.07, 6.45) is -0.626. The van der Waals surface area contributed by atoms with Gasteiger partial charge < -0.3 is 20.1 Å². The number of phenols is 3. The van der Waals surface area contributed by atoms with Gasteiger partial charge in [0.25, 0.3) is 0 Å². The van der Waals surface area contributed by atoms with E-state index < -0.39 is 12.0 Å². The molecule has 1 aliphatic rings. The molecule has 0 spiro atoms. The van der Waals surface area contributed by atoms with Crippen molar-refractivity contribution in [2.45, 2.75) is 13.0 Å². The van der Waals surface area contributed by atoms with Gasteiger partial charge in [-0.1, -0.05) is 30.7 Å². The molecule has 2 aromatic carbocycles. The minimum atomic E-state index is -0.626. The number of aromatic hydroxyl groups is 3. The standard InChI is InChI=1S/C16H13ClO5/c1-7-14(21)12-10(19)6-11(20)13(17)16(12)22-15(7)8-2-4-9(18)5-3-8/h2-7,15,18-20H,1H3. The van der Waals surface area contributed by atoms with E-state index in [0.717, 1.165) is 6.07 Å². The summed E-state index contributed by atoms with van der Waals surface area (Å²) in [5.74, 6) is -1.52. The van der Waals surface area contributed by atoms with Crippen LogP contribution in [-0.4, -0.2) is 21.1 Å². The van der Waals surface area contributed by atoms with Crippen LogP contribution in [0.3, 0.4) is 0 Å². The van der Waals surface area contributed by atoms with E-state index in [0.29, 0.717) is 5.56 Å². The van der Waals surface area contributed by atoms with Crippen molar-refractivity contribution >= 4 is 17.4 Å². The minimum absolute atomic E-state index is 0.0228. The van der Waals surface area contributed by atoms with E-state index >= 15 is 0 Å². The summed E-state index contributed by atoms with van der Waals surface area (Å²) in [4.78, 5) is 12.5.